The van der Waals surface area contributed by atoms with Crippen molar-refractivity contribution >= 4 is 17.3 Å². The summed E-state index contributed by atoms with van der Waals surface area (Å²) in [7, 11) is 0. The molecule has 2 heterocycles. The Bertz CT molecular complexity index is 986. The van der Waals surface area contributed by atoms with Crippen molar-refractivity contribution in [2.45, 2.75) is 50.6 Å². The van der Waals surface area contributed by atoms with Gasteiger partial charge in [0.15, 0.2) is 11.6 Å². The van der Waals surface area contributed by atoms with Crippen LogP contribution in [-0.4, -0.2) is 47.1 Å². The van der Waals surface area contributed by atoms with Crippen LogP contribution in [0.5, 0.6) is 0 Å². The van der Waals surface area contributed by atoms with Gasteiger partial charge in [0, 0.05) is 32.2 Å². The quantitative estimate of drug-likeness (QED) is 0.503. The van der Waals surface area contributed by atoms with E-state index in [-0.39, 0.29) is 6.04 Å². The monoisotopic (exact) mass is 456 g/mol. The molecule has 0 atom stereocenters. The Balaban J connectivity index is 1.30. The van der Waals surface area contributed by atoms with Gasteiger partial charge in [0.2, 0.25) is 0 Å². The van der Waals surface area contributed by atoms with Gasteiger partial charge in [-0.15, -0.1) is 0 Å². The fraction of sp³-hybridized carbons (Fsp3) is 0.429. The lowest BCUT2D eigenvalue weighted by atomic mass is 9.96. The maximum Gasteiger partial charge on any atom is 0.157 e. The molecule has 2 fully saturated rings. The minimum Gasteiger partial charge on any atom is -0.393 e. The maximum atomic E-state index is 6.60. The lowest BCUT2D eigenvalue weighted by Gasteiger charge is -2.40. The van der Waals surface area contributed by atoms with E-state index in [0.717, 1.165) is 37.8 Å². The average Bonchev–Trinajstić information content (AvgIpc) is 3.16. The van der Waals surface area contributed by atoms with E-state index >= 15 is 0 Å². The third-order valence-corrected chi connectivity index (χ3v) is 7.27. The molecule has 3 N–H and O–H groups in total. The lowest BCUT2D eigenvalue weighted by molar-refractivity contribution is 0.212. The van der Waals surface area contributed by atoms with E-state index in [4.69, 9.17) is 5.73 Å². The van der Waals surface area contributed by atoms with Gasteiger partial charge in [-0.05, 0) is 24.0 Å². The van der Waals surface area contributed by atoms with Gasteiger partial charge >= 0.3 is 0 Å². The lowest BCUT2D eigenvalue weighted by Crippen LogP contribution is -2.48. The first-order chi connectivity index (χ1) is 16.8. The molecular weight excluding hydrogens is 420 g/mol. The molecule has 1 aliphatic heterocycles. The van der Waals surface area contributed by atoms with Crippen LogP contribution in [-0.2, 0) is 0 Å². The highest BCUT2D eigenvalue weighted by Crippen LogP contribution is 2.33. The van der Waals surface area contributed by atoms with Crippen molar-refractivity contribution in [3.63, 3.8) is 0 Å². The number of aromatic nitrogens is 2. The zero-order valence-electron chi connectivity index (χ0n) is 19.9. The SMILES string of the molecule is Nc1c(NC2CCCCCC2)ncnc1N1CCN(C(c2ccccc2)c2ccccc2)CC1. The summed E-state index contributed by atoms with van der Waals surface area (Å²) in [5.74, 6) is 1.66. The van der Waals surface area contributed by atoms with Gasteiger partial charge in [-0.2, -0.15) is 0 Å². The van der Waals surface area contributed by atoms with Gasteiger partial charge in [-0.1, -0.05) is 86.3 Å². The molecule has 2 aliphatic rings. The first kappa shape index (κ1) is 22.7. The number of piperazine rings is 1. The molecule has 0 amide bonds. The summed E-state index contributed by atoms with van der Waals surface area (Å²) in [5, 5.41) is 3.63. The van der Waals surface area contributed by atoms with E-state index in [1.807, 2.05) is 0 Å². The Labute approximate surface area is 203 Å². The smallest absolute Gasteiger partial charge is 0.157 e. The van der Waals surface area contributed by atoms with Crippen molar-refractivity contribution in [1.82, 2.24) is 14.9 Å². The van der Waals surface area contributed by atoms with Crippen molar-refractivity contribution in [3.8, 4) is 0 Å². The normalized spacial score (nSPS) is 18.1. The minimum atomic E-state index is 0.250. The highest BCUT2D eigenvalue weighted by atomic mass is 15.3. The minimum absolute atomic E-state index is 0.250. The summed E-state index contributed by atoms with van der Waals surface area (Å²) >= 11 is 0. The van der Waals surface area contributed by atoms with Crippen LogP contribution in [0.1, 0.15) is 55.7 Å². The number of rotatable bonds is 6. The highest BCUT2D eigenvalue weighted by molar-refractivity contribution is 5.75. The Morgan fingerprint density at radius 1 is 0.765 bits per heavy atom. The standard InChI is InChI=1S/C28H36N6/c29-25-27(32-24-15-9-1-2-10-16-24)30-21-31-28(25)34-19-17-33(18-20-34)26(22-11-5-3-6-12-22)23-13-7-4-8-14-23/h3-8,11-14,21,24,26H,1-2,9-10,15-20,29H2,(H,30,31,32). The van der Waals surface area contributed by atoms with Crippen molar-refractivity contribution in [2.75, 3.05) is 42.1 Å². The number of nitrogens with two attached hydrogens (primary N) is 1. The number of nitrogen functional groups attached to an aromatic ring is 1. The zero-order chi connectivity index (χ0) is 23.2. The third-order valence-electron chi connectivity index (χ3n) is 7.27. The van der Waals surface area contributed by atoms with E-state index in [0.29, 0.717) is 11.7 Å². The van der Waals surface area contributed by atoms with Crippen LogP contribution in [0.3, 0.4) is 0 Å². The van der Waals surface area contributed by atoms with Crippen LogP contribution in [0.25, 0.3) is 0 Å². The molecule has 1 saturated carbocycles. The van der Waals surface area contributed by atoms with Gasteiger partial charge in [0.25, 0.3) is 0 Å². The Kier molecular flexibility index (Phi) is 7.25. The number of benzene rings is 2. The fourth-order valence-corrected chi connectivity index (χ4v) is 5.45. The van der Waals surface area contributed by atoms with Crippen molar-refractivity contribution in [2.24, 2.45) is 0 Å². The molecule has 6 heteroatoms. The number of nitrogens with one attached hydrogen (secondary N) is 1. The maximum absolute atomic E-state index is 6.60. The molecule has 1 aromatic heterocycles. The molecule has 2 aromatic carbocycles. The summed E-state index contributed by atoms with van der Waals surface area (Å²) in [4.78, 5) is 14.0. The molecule has 5 rings (SSSR count). The summed E-state index contributed by atoms with van der Waals surface area (Å²) in [6, 6.07) is 22.3. The summed E-state index contributed by atoms with van der Waals surface area (Å²) in [5.41, 5.74) is 9.95. The number of hydrogen-bond donors (Lipinski definition) is 2. The van der Waals surface area contributed by atoms with Crippen molar-refractivity contribution in [3.05, 3.63) is 78.1 Å². The summed E-state index contributed by atoms with van der Waals surface area (Å²) in [6.07, 6.45) is 9.27. The predicted octanol–water partition coefficient (Wildman–Crippen LogP) is 5.11. The van der Waals surface area contributed by atoms with E-state index < -0.39 is 0 Å². The van der Waals surface area contributed by atoms with Gasteiger partial charge < -0.3 is 16.0 Å². The van der Waals surface area contributed by atoms with Crippen molar-refractivity contribution in [1.29, 1.82) is 0 Å². The number of hydrogen-bond acceptors (Lipinski definition) is 6. The van der Waals surface area contributed by atoms with Crippen LogP contribution in [0.15, 0.2) is 67.0 Å². The van der Waals surface area contributed by atoms with Crippen LogP contribution < -0.4 is 16.0 Å². The van der Waals surface area contributed by atoms with Crippen LogP contribution >= 0.6 is 0 Å². The summed E-state index contributed by atoms with van der Waals surface area (Å²) < 4.78 is 0. The Hall–Kier alpha value is -3.12. The topological polar surface area (TPSA) is 70.3 Å². The van der Waals surface area contributed by atoms with Crippen LogP contribution in [0.4, 0.5) is 17.3 Å². The number of nitrogens with zero attached hydrogens (tertiary/aromatic N) is 4. The molecule has 0 spiro atoms. The van der Waals surface area contributed by atoms with Gasteiger partial charge in [-0.25, -0.2) is 9.97 Å². The molecule has 34 heavy (non-hydrogen) atoms. The molecule has 0 bridgehead atoms. The van der Waals surface area contributed by atoms with E-state index in [1.165, 1.54) is 49.7 Å². The second-order valence-corrected chi connectivity index (χ2v) is 9.54. The molecule has 6 nitrogen and oxygen atoms in total. The second-order valence-electron chi connectivity index (χ2n) is 9.54. The molecule has 178 valence electrons. The average molecular weight is 457 g/mol. The Morgan fingerprint density at radius 2 is 1.35 bits per heavy atom. The zero-order valence-corrected chi connectivity index (χ0v) is 19.9. The molecule has 3 aromatic rings. The molecule has 0 radical (unpaired) electrons. The van der Waals surface area contributed by atoms with Crippen LogP contribution in [0, 0.1) is 0 Å². The van der Waals surface area contributed by atoms with E-state index in [2.05, 4.69) is 85.7 Å². The Morgan fingerprint density at radius 3 is 1.94 bits per heavy atom. The largest absolute Gasteiger partial charge is 0.393 e. The number of anilines is 3. The first-order valence-electron chi connectivity index (χ1n) is 12.8. The predicted molar refractivity (Wildman–Crippen MR) is 140 cm³/mol. The van der Waals surface area contributed by atoms with Crippen molar-refractivity contribution < 1.29 is 0 Å². The van der Waals surface area contributed by atoms with E-state index in [9.17, 15) is 0 Å². The summed E-state index contributed by atoms with van der Waals surface area (Å²) in [6.45, 7) is 3.67. The van der Waals surface area contributed by atoms with Gasteiger partial charge in [-0.3, -0.25) is 4.90 Å². The van der Waals surface area contributed by atoms with Crippen LogP contribution in [0.2, 0.25) is 0 Å². The first-order valence-corrected chi connectivity index (χ1v) is 12.8. The second kappa shape index (κ2) is 10.9. The fourth-order valence-electron chi connectivity index (χ4n) is 5.45. The van der Waals surface area contributed by atoms with Gasteiger partial charge in [0.1, 0.15) is 12.0 Å². The molecule has 1 aliphatic carbocycles. The molecule has 1 saturated heterocycles. The molecule has 0 unspecified atom stereocenters. The third kappa shape index (κ3) is 5.17. The molecular formula is C28H36N6. The highest BCUT2D eigenvalue weighted by Gasteiger charge is 2.28. The van der Waals surface area contributed by atoms with Gasteiger partial charge in [0.05, 0.1) is 6.04 Å². The van der Waals surface area contributed by atoms with E-state index in [1.54, 1.807) is 6.33 Å².